The second-order valence-electron chi connectivity index (χ2n) is 5.27. The van der Waals surface area contributed by atoms with Crippen LogP contribution in [-0.4, -0.2) is 48.8 Å². The van der Waals surface area contributed by atoms with Crippen LogP contribution in [0.3, 0.4) is 0 Å². The number of hydrogen-bond acceptors (Lipinski definition) is 3. The molecule has 3 nitrogen and oxygen atoms in total. The van der Waals surface area contributed by atoms with Crippen molar-refractivity contribution in [2.24, 2.45) is 5.92 Å². The van der Waals surface area contributed by atoms with Gasteiger partial charge in [-0.05, 0) is 38.8 Å². The van der Waals surface area contributed by atoms with Crippen molar-refractivity contribution in [3.8, 4) is 0 Å². The summed E-state index contributed by atoms with van der Waals surface area (Å²) in [6.45, 7) is 6.84. The summed E-state index contributed by atoms with van der Waals surface area (Å²) in [5.41, 5.74) is 0. The molecule has 0 bridgehead atoms. The van der Waals surface area contributed by atoms with Crippen molar-refractivity contribution in [2.75, 3.05) is 26.7 Å². The van der Waals surface area contributed by atoms with Gasteiger partial charge in [0.25, 0.3) is 0 Å². The van der Waals surface area contributed by atoms with Crippen LogP contribution in [0.4, 0.5) is 0 Å². The van der Waals surface area contributed by atoms with Gasteiger partial charge in [-0.3, -0.25) is 0 Å². The van der Waals surface area contributed by atoms with Crippen LogP contribution in [0.5, 0.6) is 0 Å². The lowest BCUT2D eigenvalue weighted by Crippen LogP contribution is -2.43. The first-order chi connectivity index (χ1) is 7.11. The SMILES string of the molecule is CC(C)CCN(C)CC(CO)NC1CC1. The maximum absolute atomic E-state index is 9.24. The highest BCUT2D eigenvalue weighted by Gasteiger charge is 2.24. The smallest absolute Gasteiger partial charge is 0.0597 e. The van der Waals surface area contributed by atoms with Crippen molar-refractivity contribution in [3.05, 3.63) is 0 Å². The standard InChI is InChI=1S/C12H26N2O/c1-10(2)6-7-14(3)8-12(9-15)13-11-4-5-11/h10-13,15H,4-9H2,1-3H3. The maximum atomic E-state index is 9.24. The Kier molecular flexibility index (Phi) is 5.58. The molecule has 0 spiro atoms. The molecule has 3 heteroatoms. The van der Waals surface area contributed by atoms with Crippen molar-refractivity contribution < 1.29 is 5.11 Å². The summed E-state index contributed by atoms with van der Waals surface area (Å²) in [5, 5.41) is 12.7. The highest BCUT2D eigenvalue weighted by molar-refractivity contribution is 4.85. The van der Waals surface area contributed by atoms with Gasteiger partial charge >= 0.3 is 0 Å². The quantitative estimate of drug-likeness (QED) is 0.634. The van der Waals surface area contributed by atoms with Gasteiger partial charge in [0.1, 0.15) is 0 Å². The fraction of sp³-hybridized carbons (Fsp3) is 1.00. The van der Waals surface area contributed by atoms with E-state index in [4.69, 9.17) is 0 Å². The summed E-state index contributed by atoms with van der Waals surface area (Å²) in [5.74, 6) is 0.761. The van der Waals surface area contributed by atoms with E-state index in [0.29, 0.717) is 6.04 Å². The fourth-order valence-corrected chi connectivity index (χ4v) is 1.69. The van der Waals surface area contributed by atoms with Gasteiger partial charge in [-0.15, -0.1) is 0 Å². The van der Waals surface area contributed by atoms with Gasteiger partial charge in [-0.2, -0.15) is 0 Å². The molecule has 0 saturated heterocycles. The first-order valence-corrected chi connectivity index (χ1v) is 6.17. The van der Waals surface area contributed by atoms with E-state index in [1.165, 1.54) is 19.3 Å². The summed E-state index contributed by atoms with van der Waals surface area (Å²) >= 11 is 0. The Bertz CT molecular complexity index is 169. The Morgan fingerprint density at radius 1 is 1.40 bits per heavy atom. The average Bonchev–Trinajstić information content (AvgIpc) is 2.97. The molecule has 0 radical (unpaired) electrons. The molecule has 2 N–H and O–H groups in total. The average molecular weight is 214 g/mol. The van der Waals surface area contributed by atoms with Gasteiger partial charge in [-0.25, -0.2) is 0 Å². The van der Waals surface area contributed by atoms with E-state index in [-0.39, 0.29) is 12.6 Å². The zero-order chi connectivity index (χ0) is 11.3. The molecule has 1 atom stereocenters. The van der Waals surface area contributed by atoms with Crippen molar-refractivity contribution >= 4 is 0 Å². The minimum atomic E-state index is 0.252. The molecule has 0 amide bonds. The van der Waals surface area contributed by atoms with Gasteiger partial charge in [0, 0.05) is 18.6 Å². The van der Waals surface area contributed by atoms with Crippen LogP contribution in [0, 0.1) is 5.92 Å². The van der Waals surface area contributed by atoms with E-state index in [9.17, 15) is 5.11 Å². The third kappa shape index (κ3) is 6.13. The number of nitrogens with zero attached hydrogens (tertiary/aromatic N) is 1. The largest absolute Gasteiger partial charge is 0.395 e. The summed E-state index contributed by atoms with van der Waals surface area (Å²) in [6.07, 6.45) is 3.80. The van der Waals surface area contributed by atoms with Crippen LogP contribution in [0.1, 0.15) is 33.1 Å². The molecule has 90 valence electrons. The lowest BCUT2D eigenvalue weighted by atomic mass is 10.1. The molecule has 0 heterocycles. The van der Waals surface area contributed by atoms with Crippen LogP contribution >= 0.6 is 0 Å². The lowest BCUT2D eigenvalue weighted by Gasteiger charge is -2.24. The Morgan fingerprint density at radius 2 is 2.07 bits per heavy atom. The van der Waals surface area contributed by atoms with E-state index < -0.39 is 0 Å². The lowest BCUT2D eigenvalue weighted by molar-refractivity contribution is 0.193. The Labute approximate surface area is 93.9 Å². The maximum Gasteiger partial charge on any atom is 0.0597 e. The topological polar surface area (TPSA) is 35.5 Å². The summed E-state index contributed by atoms with van der Waals surface area (Å²) in [7, 11) is 2.14. The molecule has 0 aliphatic heterocycles. The zero-order valence-electron chi connectivity index (χ0n) is 10.4. The Balaban J connectivity index is 2.11. The van der Waals surface area contributed by atoms with Crippen LogP contribution in [0.15, 0.2) is 0 Å². The number of aliphatic hydroxyl groups is 1. The third-order valence-electron chi connectivity index (χ3n) is 2.89. The molecule has 1 aliphatic rings. The van der Waals surface area contributed by atoms with Crippen LogP contribution in [-0.2, 0) is 0 Å². The zero-order valence-corrected chi connectivity index (χ0v) is 10.4. The van der Waals surface area contributed by atoms with Crippen molar-refractivity contribution in [2.45, 2.75) is 45.2 Å². The van der Waals surface area contributed by atoms with Crippen molar-refractivity contribution in [3.63, 3.8) is 0 Å². The molecular formula is C12H26N2O. The van der Waals surface area contributed by atoms with Crippen molar-refractivity contribution in [1.29, 1.82) is 0 Å². The van der Waals surface area contributed by atoms with E-state index in [2.05, 4.69) is 31.1 Å². The predicted molar refractivity (Wildman–Crippen MR) is 64.0 cm³/mol. The Morgan fingerprint density at radius 3 is 2.53 bits per heavy atom. The first-order valence-electron chi connectivity index (χ1n) is 6.17. The molecule has 0 aromatic heterocycles. The summed E-state index contributed by atoms with van der Waals surface area (Å²) in [6, 6.07) is 0.940. The molecule has 0 aromatic carbocycles. The minimum Gasteiger partial charge on any atom is -0.395 e. The van der Waals surface area contributed by atoms with E-state index in [0.717, 1.165) is 19.0 Å². The number of likely N-dealkylation sites (N-methyl/N-ethyl adjacent to an activating group) is 1. The summed E-state index contributed by atoms with van der Waals surface area (Å²) in [4.78, 5) is 2.32. The third-order valence-corrected chi connectivity index (χ3v) is 2.89. The van der Waals surface area contributed by atoms with Crippen LogP contribution in [0.25, 0.3) is 0 Å². The molecular weight excluding hydrogens is 188 g/mol. The molecule has 15 heavy (non-hydrogen) atoms. The normalized spacial score (nSPS) is 18.8. The minimum absolute atomic E-state index is 0.252. The first kappa shape index (κ1) is 12.9. The van der Waals surface area contributed by atoms with Crippen LogP contribution in [0.2, 0.25) is 0 Å². The van der Waals surface area contributed by atoms with Gasteiger partial charge in [0.15, 0.2) is 0 Å². The van der Waals surface area contributed by atoms with Crippen molar-refractivity contribution in [1.82, 2.24) is 10.2 Å². The van der Waals surface area contributed by atoms with Gasteiger partial charge in [-0.1, -0.05) is 13.8 Å². The molecule has 1 fully saturated rings. The molecule has 1 rings (SSSR count). The molecule has 1 saturated carbocycles. The second-order valence-corrected chi connectivity index (χ2v) is 5.27. The highest BCUT2D eigenvalue weighted by atomic mass is 16.3. The Hall–Kier alpha value is -0.120. The molecule has 1 unspecified atom stereocenters. The number of hydrogen-bond donors (Lipinski definition) is 2. The molecule has 1 aliphatic carbocycles. The van der Waals surface area contributed by atoms with E-state index >= 15 is 0 Å². The highest BCUT2D eigenvalue weighted by Crippen LogP contribution is 2.19. The molecule has 0 aromatic rings. The van der Waals surface area contributed by atoms with Gasteiger partial charge in [0.05, 0.1) is 6.61 Å². The second kappa shape index (κ2) is 6.46. The van der Waals surface area contributed by atoms with Crippen LogP contribution < -0.4 is 5.32 Å². The van der Waals surface area contributed by atoms with E-state index in [1.54, 1.807) is 0 Å². The van der Waals surface area contributed by atoms with Gasteiger partial charge < -0.3 is 15.3 Å². The number of rotatable bonds is 8. The fourth-order valence-electron chi connectivity index (χ4n) is 1.69. The van der Waals surface area contributed by atoms with Gasteiger partial charge in [0.2, 0.25) is 0 Å². The summed E-state index contributed by atoms with van der Waals surface area (Å²) < 4.78 is 0. The number of nitrogens with one attached hydrogen (secondary N) is 1. The number of aliphatic hydroxyl groups excluding tert-OH is 1. The monoisotopic (exact) mass is 214 g/mol. The predicted octanol–water partition coefficient (Wildman–Crippen LogP) is 1.08. The van der Waals surface area contributed by atoms with E-state index in [1.807, 2.05) is 0 Å².